The molecule has 2 amide bonds. The van der Waals surface area contributed by atoms with E-state index < -0.39 is 28.5 Å². The summed E-state index contributed by atoms with van der Waals surface area (Å²) in [5, 5.41) is 2.94. The summed E-state index contributed by atoms with van der Waals surface area (Å²) in [5.41, 5.74) is 2.76. The number of carbonyl (C=O) groups excluding carboxylic acids is 2. The first-order chi connectivity index (χ1) is 19.0. The molecule has 0 radical (unpaired) electrons. The first-order valence-corrected chi connectivity index (χ1v) is 14.8. The van der Waals surface area contributed by atoms with E-state index in [-0.39, 0.29) is 23.4 Å². The smallest absolute Gasteiger partial charge is 0.264 e. The lowest BCUT2D eigenvalue weighted by atomic mass is 10.1. The molecule has 0 aliphatic heterocycles. The molecule has 0 bridgehead atoms. The Morgan fingerprint density at radius 1 is 0.950 bits per heavy atom. The number of aryl methyl sites for hydroxylation is 2. The van der Waals surface area contributed by atoms with Gasteiger partial charge in [-0.25, -0.2) is 8.42 Å². The first kappa shape index (κ1) is 30.7. The summed E-state index contributed by atoms with van der Waals surface area (Å²) in [6.07, 6.45) is 0.737. The first-order valence-electron chi connectivity index (χ1n) is 13.4. The molecule has 8 nitrogen and oxygen atoms in total. The van der Waals surface area contributed by atoms with Crippen LogP contribution < -0.4 is 14.4 Å². The van der Waals surface area contributed by atoms with Crippen LogP contribution in [-0.4, -0.2) is 50.9 Å². The highest BCUT2D eigenvalue weighted by molar-refractivity contribution is 7.92. The highest BCUT2D eigenvalue weighted by atomic mass is 32.2. The summed E-state index contributed by atoms with van der Waals surface area (Å²) in [6.45, 7) is 8.84. The average Bonchev–Trinajstić information content (AvgIpc) is 2.96. The fraction of sp³-hybridized carbons (Fsp3) is 0.355. The van der Waals surface area contributed by atoms with Crippen molar-refractivity contribution in [2.75, 3.05) is 18.0 Å². The Labute approximate surface area is 238 Å². The summed E-state index contributed by atoms with van der Waals surface area (Å²) in [7, 11) is -2.53. The fourth-order valence-corrected chi connectivity index (χ4v) is 5.69. The SMILES string of the molecule is CC[C@@H](C)NC(=O)[C@@H](C)N(Cc1ccc(OC)cc1)C(=O)CN(c1cc(C)ccc1C)S(=O)(=O)c1ccccc1. The van der Waals surface area contributed by atoms with Gasteiger partial charge in [-0.1, -0.05) is 49.4 Å². The van der Waals surface area contributed by atoms with Crippen molar-refractivity contribution in [2.24, 2.45) is 0 Å². The molecule has 3 aromatic rings. The average molecular weight is 566 g/mol. The molecule has 0 fully saturated rings. The Hall–Kier alpha value is -3.85. The number of amides is 2. The van der Waals surface area contributed by atoms with E-state index in [1.165, 1.54) is 17.0 Å². The van der Waals surface area contributed by atoms with E-state index in [2.05, 4.69) is 5.32 Å². The number of nitrogens with one attached hydrogen (secondary N) is 1. The zero-order valence-corrected chi connectivity index (χ0v) is 24.9. The quantitative estimate of drug-likeness (QED) is 0.339. The minimum Gasteiger partial charge on any atom is -0.497 e. The lowest BCUT2D eigenvalue weighted by molar-refractivity contribution is -0.139. The summed E-state index contributed by atoms with van der Waals surface area (Å²) < 4.78 is 34.3. The lowest BCUT2D eigenvalue weighted by Gasteiger charge is -2.33. The van der Waals surface area contributed by atoms with Gasteiger partial charge >= 0.3 is 0 Å². The van der Waals surface area contributed by atoms with Crippen LogP contribution in [0.3, 0.4) is 0 Å². The van der Waals surface area contributed by atoms with Gasteiger partial charge in [-0.3, -0.25) is 13.9 Å². The minimum absolute atomic E-state index is 0.0715. The van der Waals surface area contributed by atoms with Gasteiger partial charge in [0.25, 0.3) is 10.0 Å². The van der Waals surface area contributed by atoms with E-state index >= 15 is 0 Å². The predicted octanol–water partition coefficient (Wildman–Crippen LogP) is 4.84. The zero-order valence-electron chi connectivity index (χ0n) is 24.0. The second kappa shape index (κ2) is 13.5. The number of carbonyl (C=O) groups is 2. The van der Waals surface area contributed by atoms with E-state index in [0.29, 0.717) is 17.0 Å². The van der Waals surface area contributed by atoms with E-state index in [1.54, 1.807) is 50.4 Å². The van der Waals surface area contributed by atoms with Gasteiger partial charge in [-0.05, 0) is 81.1 Å². The molecule has 3 rings (SSSR count). The molecule has 214 valence electrons. The van der Waals surface area contributed by atoms with Crippen LogP contribution >= 0.6 is 0 Å². The fourth-order valence-electron chi connectivity index (χ4n) is 4.20. The van der Waals surface area contributed by atoms with Crippen LogP contribution in [0.15, 0.2) is 77.7 Å². The number of benzene rings is 3. The van der Waals surface area contributed by atoms with Gasteiger partial charge in [0.1, 0.15) is 18.3 Å². The summed E-state index contributed by atoms with van der Waals surface area (Å²) in [4.78, 5) is 28.7. The molecular formula is C31H39N3O5S. The van der Waals surface area contributed by atoms with Crippen molar-refractivity contribution in [3.63, 3.8) is 0 Å². The van der Waals surface area contributed by atoms with Crippen LogP contribution in [-0.2, 0) is 26.2 Å². The number of methoxy groups -OCH3 is 1. The maximum Gasteiger partial charge on any atom is 0.264 e. The molecule has 0 saturated heterocycles. The van der Waals surface area contributed by atoms with E-state index in [4.69, 9.17) is 4.74 Å². The molecular weight excluding hydrogens is 526 g/mol. The van der Waals surface area contributed by atoms with Crippen molar-refractivity contribution in [1.82, 2.24) is 10.2 Å². The molecule has 3 aromatic carbocycles. The van der Waals surface area contributed by atoms with Gasteiger partial charge < -0.3 is 15.0 Å². The zero-order chi connectivity index (χ0) is 29.4. The van der Waals surface area contributed by atoms with Crippen molar-refractivity contribution in [3.8, 4) is 5.75 Å². The molecule has 0 saturated carbocycles. The van der Waals surface area contributed by atoms with E-state index in [0.717, 1.165) is 21.9 Å². The van der Waals surface area contributed by atoms with Gasteiger partial charge in [0.2, 0.25) is 11.8 Å². The normalized spacial score (nSPS) is 12.8. The third-order valence-electron chi connectivity index (χ3n) is 6.92. The van der Waals surface area contributed by atoms with Crippen LogP contribution in [0.2, 0.25) is 0 Å². The van der Waals surface area contributed by atoms with Gasteiger partial charge in [0.05, 0.1) is 17.7 Å². The highest BCUT2D eigenvalue weighted by Gasteiger charge is 2.33. The second-order valence-corrected chi connectivity index (χ2v) is 11.8. The molecule has 0 aromatic heterocycles. The number of hydrogen-bond donors (Lipinski definition) is 1. The maximum absolute atomic E-state index is 14.0. The topological polar surface area (TPSA) is 96.0 Å². The number of ether oxygens (including phenoxy) is 1. The van der Waals surface area contributed by atoms with E-state index in [9.17, 15) is 18.0 Å². The van der Waals surface area contributed by atoms with Crippen LogP contribution in [0, 0.1) is 13.8 Å². The molecule has 0 aliphatic rings. The molecule has 2 atom stereocenters. The highest BCUT2D eigenvalue weighted by Crippen LogP contribution is 2.28. The van der Waals surface area contributed by atoms with Crippen LogP contribution in [0.25, 0.3) is 0 Å². The van der Waals surface area contributed by atoms with Crippen molar-refractivity contribution >= 4 is 27.5 Å². The molecule has 0 heterocycles. The number of hydrogen-bond acceptors (Lipinski definition) is 5. The lowest BCUT2D eigenvalue weighted by Crippen LogP contribution is -2.52. The minimum atomic E-state index is -4.10. The third kappa shape index (κ3) is 7.41. The number of sulfonamides is 1. The Morgan fingerprint density at radius 3 is 2.20 bits per heavy atom. The van der Waals surface area contributed by atoms with Crippen molar-refractivity contribution in [3.05, 3.63) is 89.5 Å². The molecule has 0 aliphatic carbocycles. The third-order valence-corrected chi connectivity index (χ3v) is 8.70. The predicted molar refractivity (Wildman–Crippen MR) is 158 cm³/mol. The van der Waals surface area contributed by atoms with Crippen molar-refractivity contribution in [2.45, 2.75) is 64.6 Å². The van der Waals surface area contributed by atoms with Gasteiger partial charge in [-0.2, -0.15) is 0 Å². The molecule has 9 heteroatoms. The van der Waals surface area contributed by atoms with Crippen molar-refractivity contribution < 1.29 is 22.7 Å². The Balaban J connectivity index is 2.05. The van der Waals surface area contributed by atoms with Crippen LogP contribution in [0.4, 0.5) is 5.69 Å². The summed E-state index contributed by atoms with van der Waals surface area (Å²) >= 11 is 0. The monoisotopic (exact) mass is 565 g/mol. The van der Waals surface area contributed by atoms with Crippen LogP contribution in [0.5, 0.6) is 5.75 Å². The number of anilines is 1. The Bertz CT molecular complexity index is 1410. The molecule has 1 N–H and O–H groups in total. The van der Waals surface area contributed by atoms with Crippen molar-refractivity contribution in [1.29, 1.82) is 0 Å². The summed E-state index contributed by atoms with van der Waals surface area (Å²) in [5.74, 6) is -0.136. The van der Waals surface area contributed by atoms with E-state index in [1.807, 2.05) is 52.0 Å². The summed E-state index contributed by atoms with van der Waals surface area (Å²) in [6, 6.07) is 19.8. The number of nitrogens with zero attached hydrogens (tertiary/aromatic N) is 2. The molecule has 0 spiro atoms. The van der Waals surface area contributed by atoms with Crippen LogP contribution in [0.1, 0.15) is 43.9 Å². The standard InChI is InChI=1S/C31H39N3O5S/c1-7-24(4)32-31(36)25(5)33(20-26-15-17-27(39-6)18-16-26)30(35)21-34(29-19-22(2)13-14-23(29)3)40(37,38)28-11-9-8-10-12-28/h8-19,24-25H,7,20-21H2,1-6H3,(H,32,36)/t24-,25-/m1/s1. The molecule has 0 unspecified atom stereocenters. The second-order valence-electron chi connectivity index (χ2n) is 9.98. The Kier molecular flexibility index (Phi) is 10.3. The Morgan fingerprint density at radius 2 is 1.60 bits per heavy atom. The largest absolute Gasteiger partial charge is 0.497 e. The maximum atomic E-state index is 14.0. The number of rotatable bonds is 12. The van der Waals surface area contributed by atoms with Gasteiger partial charge in [-0.15, -0.1) is 0 Å². The molecule has 40 heavy (non-hydrogen) atoms. The van der Waals surface area contributed by atoms with Gasteiger partial charge in [0, 0.05) is 12.6 Å². The van der Waals surface area contributed by atoms with Gasteiger partial charge in [0.15, 0.2) is 0 Å².